The molecule has 1 saturated carbocycles. The lowest BCUT2D eigenvalue weighted by Gasteiger charge is -2.33. The summed E-state index contributed by atoms with van der Waals surface area (Å²) in [4.78, 5) is 7.25. The maximum Gasteiger partial charge on any atom is 0.122 e. The van der Waals surface area contributed by atoms with Crippen molar-refractivity contribution in [3.05, 3.63) is 24.0 Å². The first-order valence-electron chi connectivity index (χ1n) is 6.78. The SMILES string of the molecule is NC(=S)c1ccc(N2CCC3CCCCC32)cn1. The van der Waals surface area contributed by atoms with Gasteiger partial charge in [0.25, 0.3) is 0 Å². The Kier molecular flexibility index (Phi) is 3.20. The van der Waals surface area contributed by atoms with Crippen molar-refractivity contribution in [1.82, 2.24) is 4.98 Å². The number of aromatic nitrogens is 1. The van der Waals surface area contributed by atoms with E-state index in [1.807, 2.05) is 12.3 Å². The van der Waals surface area contributed by atoms with E-state index in [9.17, 15) is 0 Å². The highest BCUT2D eigenvalue weighted by atomic mass is 32.1. The summed E-state index contributed by atoms with van der Waals surface area (Å²) in [7, 11) is 0. The zero-order chi connectivity index (χ0) is 12.5. The molecule has 2 N–H and O–H groups in total. The molecule has 0 amide bonds. The molecule has 4 heteroatoms. The largest absolute Gasteiger partial charge is 0.388 e. The van der Waals surface area contributed by atoms with E-state index < -0.39 is 0 Å². The predicted octanol–water partition coefficient (Wildman–Crippen LogP) is 2.48. The van der Waals surface area contributed by atoms with Gasteiger partial charge in [-0.1, -0.05) is 25.1 Å². The van der Waals surface area contributed by atoms with Crippen LogP contribution < -0.4 is 10.6 Å². The second kappa shape index (κ2) is 4.84. The molecule has 1 aliphatic carbocycles. The van der Waals surface area contributed by atoms with Crippen molar-refractivity contribution in [3.63, 3.8) is 0 Å². The van der Waals surface area contributed by atoms with Gasteiger partial charge in [0.15, 0.2) is 0 Å². The Labute approximate surface area is 113 Å². The lowest BCUT2D eigenvalue weighted by molar-refractivity contribution is 0.342. The molecule has 2 aliphatic rings. The van der Waals surface area contributed by atoms with E-state index in [2.05, 4.69) is 16.0 Å². The van der Waals surface area contributed by atoms with Crippen LogP contribution in [0.25, 0.3) is 0 Å². The Bertz CT molecular complexity index is 443. The van der Waals surface area contributed by atoms with Crippen LogP contribution in [-0.2, 0) is 0 Å². The minimum atomic E-state index is 0.374. The highest BCUT2D eigenvalue weighted by Gasteiger charge is 2.35. The van der Waals surface area contributed by atoms with Gasteiger partial charge in [0.2, 0.25) is 0 Å². The molecule has 2 heterocycles. The number of hydrogen-bond acceptors (Lipinski definition) is 3. The molecule has 1 aliphatic heterocycles. The fourth-order valence-corrected chi connectivity index (χ4v) is 3.55. The van der Waals surface area contributed by atoms with Gasteiger partial charge in [-0.15, -0.1) is 0 Å². The van der Waals surface area contributed by atoms with Crippen molar-refractivity contribution in [2.75, 3.05) is 11.4 Å². The predicted molar refractivity (Wildman–Crippen MR) is 77.8 cm³/mol. The Hall–Kier alpha value is -1.16. The summed E-state index contributed by atoms with van der Waals surface area (Å²) in [5, 5.41) is 0. The van der Waals surface area contributed by atoms with E-state index in [1.54, 1.807) is 0 Å². The number of thiocarbonyl (C=S) groups is 1. The first-order valence-corrected chi connectivity index (χ1v) is 7.19. The molecule has 18 heavy (non-hydrogen) atoms. The van der Waals surface area contributed by atoms with Crippen molar-refractivity contribution in [1.29, 1.82) is 0 Å². The monoisotopic (exact) mass is 261 g/mol. The molecular weight excluding hydrogens is 242 g/mol. The van der Waals surface area contributed by atoms with Gasteiger partial charge in [-0.25, -0.2) is 0 Å². The lowest BCUT2D eigenvalue weighted by Crippen LogP contribution is -2.34. The first kappa shape index (κ1) is 11.9. The van der Waals surface area contributed by atoms with E-state index in [-0.39, 0.29) is 0 Å². The van der Waals surface area contributed by atoms with Crippen LogP contribution in [0.3, 0.4) is 0 Å². The quantitative estimate of drug-likeness (QED) is 0.831. The van der Waals surface area contributed by atoms with Gasteiger partial charge in [-0.3, -0.25) is 4.98 Å². The molecule has 0 aromatic carbocycles. The van der Waals surface area contributed by atoms with E-state index >= 15 is 0 Å². The highest BCUT2D eigenvalue weighted by Crippen LogP contribution is 2.38. The van der Waals surface area contributed by atoms with E-state index in [4.69, 9.17) is 18.0 Å². The molecule has 2 fully saturated rings. The third-order valence-electron chi connectivity index (χ3n) is 4.34. The van der Waals surface area contributed by atoms with Gasteiger partial charge in [0, 0.05) is 12.6 Å². The number of nitrogens with zero attached hydrogens (tertiary/aromatic N) is 2. The van der Waals surface area contributed by atoms with Crippen molar-refractivity contribution in [2.24, 2.45) is 11.7 Å². The number of fused-ring (bicyclic) bond motifs is 1. The second-order valence-corrected chi connectivity index (χ2v) is 5.80. The van der Waals surface area contributed by atoms with Crippen LogP contribution in [0, 0.1) is 5.92 Å². The highest BCUT2D eigenvalue weighted by molar-refractivity contribution is 7.80. The number of rotatable bonds is 2. The molecule has 2 unspecified atom stereocenters. The maximum absolute atomic E-state index is 5.58. The Morgan fingerprint density at radius 3 is 2.83 bits per heavy atom. The number of pyridine rings is 1. The zero-order valence-corrected chi connectivity index (χ0v) is 11.3. The average Bonchev–Trinajstić information content (AvgIpc) is 2.82. The van der Waals surface area contributed by atoms with E-state index in [1.165, 1.54) is 44.3 Å². The van der Waals surface area contributed by atoms with Crippen LogP contribution in [-0.4, -0.2) is 22.6 Å². The second-order valence-electron chi connectivity index (χ2n) is 5.36. The standard InChI is InChI=1S/C14H19N3S/c15-14(18)12-6-5-11(9-16-12)17-8-7-10-3-1-2-4-13(10)17/h5-6,9-10,13H,1-4,7-8H2,(H2,15,18). The average molecular weight is 261 g/mol. The fourth-order valence-electron chi connectivity index (χ4n) is 3.43. The minimum absolute atomic E-state index is 0.374. The number of nitrogens with two attached hydrogens (primary N) is 1. The number of hydrogen-bond donors (Lipinski definition) is 1. The molecule has 0 bridgehead atoms. The minimum Gasteiger partial charge on any atom is -0.388 e. The lowest BCUT2D eigenvalue weighted by atomic mass is 9.85. The molecule has 3 rings (SSSR count). The third kappa shape index (κ3) is 2.09. The summed E-state index contributed by atoms with van der Waals surface area (Å²) in [6.45, 7) is 1.17. The van der Waals surface area contributed by atoms with Gasteiger partial charge >= 0.3 is 0 Å². The van der Waals surface area contributed by atoms with Crippen LogP contribution in [0.15, 0.2) is 18.3 Å². The normalized spacial score (nSPS) is 27.0. The summed E-state index contributed by atoms with van der Waals surface area (Å²) in [5.74, 6) is 0.897. The topological polar surface area (TPSA) is 42.1 Å². The Balaban J connectivity index is 1.80. The first-order chi connectivity index (χ1) is 8.75. The molecule has 1 aromatic heterocycles. The molecule has 0 spiro atoms. The van der Waals surface area contributed by atoms with Crippen LogP contribution in [0.2, 0.25) is 0 Å². The number of anilines is 1. The summed E-state index contributed by atoms with van der Waals surface area (Å²) in [6.07, 6.45) is 8.78. The van der Waals surface area contributed by atoms with Crippen molar-refractivity contribution in [2.45, 2.75) is 38.1 Å². The third-order valence-corrected chi connectivity index (χ3v) is 4.55. The van der Waals surface area contributed by atoms with E-state index in [0.29, 0.717) is 10.7 Å². The summed E-state index contributed by atoms with van der Waals surface area (Å²) < 4.78 is 0. The van der Waals surface area contributed by atoms with Crippen LogP contribution in [0.4, 0.5) is 5.69 Å². The zero-order valence-electron chi connectivity index (χ0n) is 10.5. The Morgan fingerprint density at radius 1 is 1.28 bits per heavy atom. The molecule has 1 aromatic rings. The summed E-state index contributed by atoms with van der Waals surface area (Å²) in [6, 6.07) is 4.78. The van der Waals surface area contributed by atoms with Crippen LogP contribution in [0.1, 0.15) is 37.8 Å². The summed E-state index contributed by atoms with van der Waals surface area (Å²) in [5.41, 5.74) is 7.52. The van der Waals surface area contributed by atoms with Crippen molar-refractivity contribution in [3.8, 4) is 0 Å². The van der Waals surface area contributed by atoms with Gasteiger partial charge in [0.05, 0.1) is 17.6 Å². The molecular formula is C14H19N3S. The molecule has 2 atom stereocenters. The smallest absolute Gasteiger partial charge is 0.122 e. The summed E-state index contributed by atoms with van der Waals surface area (Å²) >= 11 is 4.93. The molecule has 1 saturated heterocycles. The maximum atomic E-state index is 5.58. The molecule has 96 valence electrons. The van der Waals surface area contributed by atoms with Crippen LogP contribution in [0.5, 0.6) is 0 Å². The van der Waals surface area contributed by atoms with Gasteiger partial charge in [-0.2, -0.15) is 0 Å². The van der Waals surface area contributed by atoms with Gasteiger partial charge < -0.3 is 10.6 Å². The molecule has 3 nitrogen and oxygen atoms in total. The van der Waals surface area contributed by atoms with E-state index in [0.717, 1.165) is 12.0 Å². The van der Waals surface area contributed by atoms with Gasteiger partial charge in [-0.05, 0) is 37.3 Å². The van der Waals surface area contributed by atoms with Gasteiger partial charge in [0.1, 0.15) is 4.99 Å². The van der Waals surface area contributed by atoms with Crippen molar-refractivity contribution < 1.29 is 0 Å². The van der Waals surface area contributed by atoms with Crippen molar-refractivity contribution >= 4 is 22.9 Å². The molecule has 0 radical (unpaired) electrons. The fraction of sp³-hybridized carbons (Fsp3) is 0.571. The Morgan fingerprint density at radius 2 is 2.11 bits per heavy atom. The van der Waals surface area contributed by atoms with Crippen LogP contribution >= 0.6 is 12.2 Å².